The summed E-state index contributed by atoms with van der Waals surface area (Å²) in [5.74, 6) is -3.75. The van der Waals surface area contributed by atoms with Crippen molar-refractivity contribution < 1.29 is 23.9 Å². The molecule has 0 radical (unpaired) electrons. The van der Waals surface area contributed by atoms with E-state index in [1.807, 2.05) is 0 Å². The fraction of sp³-hybridized carbons (Fsp3) is 0.182. The van der Waals surface area contributed by atoms with E-state index in [9.17, 15) is 18.8 Å². The molecule has 0 saturated heterocycles. The molecule has 2 amide bonds. The fourth-order valence-electron chi connectivity index (χ4n) is 1.31. The number of primary amides is 1. The van der Waals surface area contributed by atoms with Crippen molar-refractivity contribution in [2.75, 3.05) is 0 Å². The molecule has 0 fully saturated rings. The molecular weight excluding hydrogens is 279 g/mol. The molecule has 0 bridgehead atoms. The third-order valence-electron chi connectivity index (χ3n) is 2.18. The van der Waals surface area contributed by atoms with Gasteiger partial charge in [-0.25, -0.2) is 9.18 Å². The van der Waals surface area contributed by atoms with Crippen molar-refractivity contribution in [1.29, 1.82) is 0 Å². The van der Waals surface area contributed by atoms with Crippen molar-refractivity contribution in [3.05, 3.63) is 34.6 Å². The van der Waals surface area contributed by atoms with Gasteiger partial charge in [0.2, 0.25) is 5.91 Å². The number of hydrogen-bond acceptors (Lipinski definition) is 3. The van der Waals surface area contributed by atoms with Crippen LogP contribution in [-0.2, 0) is 9.59 Å². The monoisotopic (exact) mass is 288 g/mol. The van der Waals surface area contributed by atoms with Gasteiger partial charge in [-0.1, -0.05) is 11.6 Å². The van der Waals surface area contributed by atoms with E-state index in [1.165, 1.54) is 0 Å². The first-order valence-electron chi connectivity index (χ1n) is 5.08. The maximum atomic E-state index is 12.8. The van der Waals surface area contributed by atoms with Crippen molar-refractivity contribution in [3.63, 3.8) is 0 Å². The number of rotatable bonds is 5. The molecule has 102 valence electrons. The summed E-state index contributed by atoms with van der Waals surface area (Å²) < 4.78 is 12.8. The normalized spacial score (nSPS) is 11.7. The highest BCUT2D eigenvalue weighted by molar-refractivity contribution is 6.33. The SMILES string of the molecule is NC(=O)C[C@@H](NC(=O)c1ccc(F)cc1Cl)C(=O)O. The van der Waals surface area contributed by atoms with Crippen LogP contribution in [0.15, 0.2) is 18.2 Å². The van der Waals surface area contributed by atoms with Gasteiger partial charge >= 0.3 is 5.97 Å². The zero-order chi connectivity index (χ0) is 14.6. The Balaban J connectivity index is 2.87. The standard InChI is InChI=1S/C11H10ClFN2O4/c12-7-3-5(13)1-2-6(7)10(17)15-8(11(18)19)4-9(14)16/h1-3,8H,4H2,(H2,14,16)(H,15,17)(H,18,19)/t8-/m1/s1. The van der Waals surface area contributed by atoms with Crippen molar-refractivity contribution in [1.82, 2.24) is 5.32 Å². The van der Waals surface area contributed by atoms with Gasteiger partial charge in [-0.2, -0.15) is 0 Å². The summed E-state index contributed by atoms with van der Waals surface area (Å²) in [6.07, 6.45) is -0.556. The van der Waals surface area contributed by atoms with E-state index >= 15 is 0 Å². The first-order valence-corrected chi connectivity index (χ1v) is 5.46. The van der Waals surface area contributed by atoms with Crippen LogP contribution < -0.4 is 11.1 Å². The number of hydrogen-bond donors (Lipinski definition) is 3. The molecule has 1 atom stereocenters. The van der Waals surface area contributed by atoms with Gasteiger partial charge in [-0.05, 0) is 18.2 Å². The Labute approximate surface area is 112 Å². The Hall–Kier alpha value is -2.15. The van der Waals surface area contributed by atoms with Crippen LogP contribution in [0.2, 0.25) is 5.02 Å². The van der Waals surface area contributed by atoms with Gasteiger partial charge in [-0.15, -0.1) is 0 Å². The molecule has 1 rings (SSSR count). The molecule has 0 unspecified atom stereocenters. The maximum absolute atomic E-state index is 12.8. The summed E-state index contributed by atoms with van der Waals surface area (Å²) in [5.41, 5.74) is 4.77. The Morgan fingerprint density at radius 3 is 2.53 bits per heavy atom. The molecule has 19 heavy (non-hydrogen) atoms. The van der Waals surface area contributed by atoms with E-state index in [4.69, 9.17) is 22.4 Å². The van der Waals surface area contributed by atoms with E-state index in [0.717, 1.165) is 18.2 Å². The molecule has 6 nitrogen and oxygen atoms in total. The van der Waals surface area contributed by atoms with E-state index in [0.29, 0.717) is 0 Å². The Morgan fingerprint density at radius 2 is 2.05 bits per heavy atom. The second kappa shape index (κ2) is 6.14. The minimum atomic E-state index is -1.47. The molecule has 0 aliphatic rings. The highest BCUT2D eigenvalue weighted by atomic mass is 35.5. The van der Waals surface area contributed by atoms with Gasteiger partial charge in [0.15, 0.2) is 0 Å². The molecule has 8 heteroatoms. The number of nitrogens with one attached hydrogen (secondary N) is 1. The number of aliphatic carboxylic acids is 1. The molecule has 1 aromatic carbocycles. The number of carboxylic acid groups (broad SMARTS) is 1. The fourth-order valence-corrected chi connectivity index (χ4v) is 1.56. The summed E-state index contributed by atoms with van der Waals surface area (Å²) in [7, 11) is 0. The zero-order valence-corrected chi connectivity index (χ0v) is 10.3. The zero-order valence-electron chi connectivity index (χ0n) is 9.52. The van der Waals surface area contributed by atoms with Gasteiger partial charge in [0, 0.05) is 0 Å². The largest absolute Gasteiger partial charge is 0.480 e. The average Bonchev–Trinajstić information content (AvgIpc) is 2.26. The number of carbonyl (C=O) groups excluding carboxylic acids is 2. The van der Waals surface area contributed by atoms with Crippen LogP contribution in [0.25, 0.3) is 0 Å². The molecule has 0 heterocycles. The summed E-state index contributed by atoms with van der Waals surface area (Å²) in [6, 6.07) is 1.56. The third kappa shape index (κ3) is 4.22. The summed E-state index contributed by atoms with van der Waals surface area (Å²) in [6.45, 7) is 0. The number of carboxylic acids is 1. The maximum Gasteiger partial charge on any atom is 0.326 e. The van der Waals surface area contributed by atoms with Crippen molar-refractivity contribution >= 4 is 29.4 Å². The number of benzene rings is 1. The van der Waals surface area contributed by atoms with Crippen LogP contribution in [0.5, 0.6) is 0 Å². The Bertz CT molecular complexity index is 535. The number of nitrogens with two attached hydrogens (primary N) is 1. The third-order valence-corrected chi connectivity index (χ3v) is 2.50. The van der Waals surface area contributed by atoms with E-state index in [2.05, 4.69) is 5.32 Å². The summed E-state index contributed by atoms with van der Waals surface area (Å²) >= 11 is 5.65. The second-order valence-electron chi connectivity index (χ2n) is 3.66. The van der Waals surface area contributed by atoms with E-state index in [1.54, 1.807) is 0 Å². The lowest BCUT2D eigenvalue weighted by molar-refractivity contribution is -0.140. The van der Waals surface area contributed by atoms with Gasteiger partial charge in [-0.3, -0.25) is 9.59 Å². The number of carbonyl (C=O) groups is 3. The highest BCUT2D eigenvalue weighted by Gasteiger charge is 2.23. The molecular formula is C11H10ClFN2O4. The molecule has 0 saturated carbocycles. The van der Waals surface area contributed by atoms with Crippen LogP contribution in [0.3, 0.4) is 0 Å². The van der Waals surface area contributed by atoms with Crippen LogP contribution in [0.4, 0.5) is 4.39 Å². The lowest BCUT2D eigenvalue weighted by Gasteiger charge is -2.13. The number of halogens is 2. The van der Waals surface area contributed by atoms with E-state index < -0.39 is 36.1 Å². The highest BCUT2D eigenvalue weighted by Crippen LogP contribution is 2.17. The van der Waals surface area contributed by atoms with Gasteiger partial charge in [0.05, 0.1) is 17.0 Å². The topological polar surface area (TPSA) is 109 Å². The van der Waals surface area contributed by atoms with Crippen LogP contribution in [-0.4, -0.2) is 28.9 Å². The van der Waals surface area contributed by atoms with Crippen LogP contribution in [0.1, 0.15) is 16.8 Å². The molecule has 0 aliphatic carbocycles. The molecule has 1 aromatic rings. The quantitative estimate of drug-likeness (QED) is 0.734. The molecule has 0 aromatic heterocycles. The Morgan fingerprint density at radius 1 is 1.42 bits per heavy atom. The number of amides is 2. The van der Waals surface area contributed by atoms with Crippen LogP contribution in [0, 0.1) is 5.82 Å². The predicted octanol–water partition coefficient (Wildman–Crippen LogP) is 0.537. The molecule has 0 spiro atoms. The summed E-state index contributed by atoms with van der Waals surface area (Å²) in [5, 5.41) is 10.7. The van der Waals surface area contributed by atoms with Crippen molar-refractivity contribution in [2.45, 2.75) is 12.5 Å². The first kappa shape index (κ1) is 14.9. The predicted molar refractivity (Wildman–Crippen MR) is 64.1 cm³/mol. The Kier molecular flexibility index (Phi) is 4.82. The van der Waals surface area contributed by atoms with Crippen LogP contribution >= 0.6 is 11.6 Å². The lowest BCUT2D eigenvalue weighted by atomic mass is 10.1. The summed E-state index contributed by atoms with van der Waals surface area (Å²) in [4.78, 5) is 33.2. The minimum absolute atomic E-state index is 0.0983. The average molecular weight is 289 g/mol. The lowest BCUT2D eigenvalue weighted by Crippen LogP contribution is -2.43. The second-order valence-corrected chi connectivity index (χ2v) is 4.07. The van der Waals surface area contributed by atoms with Crippen molar-refractivity contribution in [3.8, 4) is 0 Å². The minimum Gasteiger partial charge on any atom is -0.480 e. The van der Waals surface area contributed by atoms with E-state index in [-0.39, 0.29) is 10.6 Å². The van der Waals surface area contributed by atoms with Crippen molar-refractivity contribution in [2.24, 2.45) is 5.73 Å². The van der Waals surface area contributed by atoms with Gasteiger partial charge in [0.1, 0.15) is 11.9 Å². The van der Waals surface area contributed by atoms with Gasteiger partial charge in [0.25, 0.3) is 5.91 Å². The first-order chi connectivity index (χ1) is 8.81. The van der Waals surface area contributed by atoms with Gasteiger partial charge < -0.3 is 16.2 Å². The smallest absolute Gasteiger partial charge is 0.326 e. The molecule has 0 aliphatic heterocycles. The molecule has 4 N–H and O–H groups in total.